The molecule has 0 saturated heterocycles. The molecule has 2 aromatic rings. The second-order valence-corrected chi connectivity index (χ2v) is 3.71. The summed E-state index contributed by atoms with van der Waals surface area (Å²) in [6.45, 7) is 2.00. The molecule has 0 atom stereocenters. The Morgan fingerprint density at radius 2 is 1.81 bits per heavy atom. The Labute approximate surface area is 94.9 Å². The van der Waals surface area contributed by atoms with Crippen LogP contribution in [0.5, 0.6) is 0 Å². The average molecular weight is 214 g/mol. The highest BCUT2D eigenvalue weighted by Gasteiger charge is 2.07. The third-order valence-corrected chi connectivity index (χ3v) is 2.65. The van der Waals surface area contributed by atoms with Crippen LogP contribution in [0.15, 0.2) is 42.7 Å². The average Bonchev–Trinajstić information content (AvgIpc) is 2.30. The van der Waals surface area contributed by atoms with E-state index < -0.39 is 0 Å². The minimum atomic E-state index is 0.814. The van der Waals surface area contributed by atoms with Gasteiger partial charge in [0, 0.05) is 19.4 Å². The molecule has 0 amide bonds. The summed E-state index contributed by atoms with van der Waals surface area (Å²) < 4.78 is 0. The van der Waals surface area contributed by atoms with Gasteiger partial charge in [0.25, 0.3) is 0 Å². The SMILES string of the molecule is Cc1c(-c2ccncc2)cccc1N(C)O. The van der Waals surface area contributed by atoms with Crippen LogP contribution in [0, 0.1) is 6.92 Å². The summed E-state index contributed by atoms with van der Waals surface area (Å²) in [5.41, 5.74) is 4.09. The standard InChI is InChI=1S/C13H14N2O/c1-10-12(11-6-8-14-9-7-11)4-3-5-13(10)15(2)16/h3-9,16H,1-2H3. The molecule has 3 heteroatoms. The maximum Gasteiger partial charge on any atom is 0.0666 e. The second-order valence-electron chi connectivity index (χ2n) is 3.71. The normalized spacial score (nSPS) is 10.2. The van der Waals surface area contributed by atoms with Crippen molar-refractivity contribution in [3.8, 4) is 11.1 Å². The number of hydroxylamine groups is 1. The molecule has 1 aromatic carbocycles. The van der Waals surface area contributed by atoms with Gasteiger partial charge < -0.3 is 0 Å². The topological polar surface area (TPSA) is 36.4 Å². The van der Waals surface area contributed by atoms with Crippen molar-refractivity contribution in [2.24, 2.45) is 0 Å². The van der Waals surface area contributed by atoms with Crippen molar-refractivity contribution in [1.82, 2.24) is 4.98 Å². The van der Waals surface area contributed by atoms with Crippen LogP contribution in [0.1, 0.15) is 5.56 Å². The highest BCUT2D eigenvalue weighted by molar-refractivity contribution is 5.73. The van der Waals surface area contributed by atoms with Crippen LogP contribution in [0.25, 0.3) is 11.1 Å². The van der Waals surface area contributed by atoms with Gasteiger partial charge in [0.15, 0.2) is 0 Å². The molecule has 82 valence electrons. The van der Waals surface area contributed by atoms with E-state index in [1.807, 2.05) is 37.3 Å². The molecule has 1 N–H and O–H groups in total. The van der Waals surface area contributed by atoms with Crippen LogP contribution in [-0.4, -0.2) is 17.2 Å². The van der Waals surface area contributed by atoms with Gasteiger partial charge in [-0.1, -0.05) is 12.1 Å². The number of benzene rings is 1. The number of nitrogens with zero attached hydrogens (tertiary/aromatic N) is 2. The molecule has 0 aliphatic heterocycles. The first-order valence-electron chi connectivity index (χ1n) is 5.13. The lowest BCUT2D eigenvalue weighted by Gasteiger charge is -2.16. The van der Waals surface area contributed by atoms with Crippen molar-refractivity contribution in [1.29, 1.82) is 0 Å². The smallest absolute Gasteiger partial charge is 0.0666 e. The van der Waals surface area contributed by atoms with E-state index in [4.69, 9.17) is 0 Å². The Hall–Kier alpha value is -1.87. The van der Waals surface area contributed by atoms with E-state index in [2.05, 4.69) is 4.98 Å². The maximum atomic E-state index is 9.50. The van der Waals surface area contributed by atoms with Gasteiger partial charge in [-0.15, -0.1) is 0 Å². The fourth-order valence-electron chi connectivity index (χ4n) is 1.82. The van der Waals surface area contributed by atoms with Crippen molar-refractivity contribution in [3.05, 3.63) is 48.3 Å². The molecule has 1 aromatic heterocycles. The minimum Gasteiger partial charge on any atom is -0.289 e. The molecule has 0 fully saturated rings. The van der Waals surface area contributed by atoms with E-state index in [9.17, 15) is 5.21 Å². The Bertz CT molecular complexity index is 481. The van der Waals surface area contributed by atoms with Crippen LogP contribution in [0.4, 0.5) is 5.69 Å². The van der Waals surface area contributed by atoms with E-state index in [0.29, 0.717) is 0 Å². The van der Waals surface area contributed by atoms with Crippen molar-refractivity contribution in [2.45, 2.75) is 6.92 Å². The molecular formula is C13H14N2O. The lowest BCUT2D eigenvalue weighted by atomic mass is 10.0. The van der Waals surface area contributed by atoms with Gasteiger partial charge >= 0.3 is 0 Å². The van der Waals surface area contributed by atoms with Crippen LogP contribution in [0.2, 0.25) is 0 Å². The zero-order chi connectivity index (χ0) is 11.5. The summed E-state index contributed by atoms with van der Waals surface area (Å²) in [6.07, 6.45) is 3.54. The zero-order valence-electron chi connectivity index (χ0n) is 9.38. The molecular weight excluding hydrogens is 200 g/mol. The van der Waals surface area contributed by atoms with Gasteiger partial charge in [-0.2, -0.15) is 0 Å². The van der Waals surface area contributed by atoms with Crippen LogP contribution >= 0.6 is 0 Å². The summed E-state index contributed by atoms with van der Waals surface area (Å²) in [4.78, 5) is 4.00. The minimum absolute atomic E-state index is 0.814. The van der Waals surface area contributed by atoms with Crippen LogP contribution in [0.3, 0.4) is 0 Å². The molecule has 0 aliphatic carbocycles. The van der Waals surface area contributed by atoms with Gasteiger partial charge in [0.05, 0.1) is 5.69 Å². The van der Waals surface area contributed by atoms with E-state index in [1.165, 1.54) is 0 Å². The number of pyridine rings is 1. The lowest BCUT2D eigenvalue weighted by Crippen LogP contribution is -2.11. The molecule has 0 saturated carbocycles. The molecule has 0 spiro atoms. The summed E-state index contributed by atoms with van der Waals surface area (Å²) in [5, 5.41) is 10.6. The van der Waals surface area contributed by atoms with Gasteiger partial charge in [-0.05, 0) is 41.8 Å². The summed E-state index contributed by atoms with van der Waals surface area (Å²) in [6, 6.07) is 9.79. The van der Waals surface area contributed by atoms with E-state index >= 15 is 0 Å². The lowest BCUT2D eigenvalue weighted by molar-refractivity contribution is 0.279. The van der Waals surface area contributed by atoms with Crippen LogP contribution in [-0.2, 0) is 0 Å². The number of anilines is 1. The Kier molecular flexibility index (Phi) is 2.88. The van der Waals surface area contributed by atoms with E-state index in [-0.39, 0.29) is 0 Å². The largest absolute Gasteiger partial charge is 0.289 e. The molecule has 3 nitrogen and oxygen atoms in total. The molecule has 2 rings (SSSR count). The molecule has 0 radical (unpaired) electrons. The van der Waals surface area contributed by atoms with Crippen molar-refractivity contribution in [2.75, 3.05) is 12.1 Å². The predicted molar refractivity (Wildman–Crippen MR) is 64.6 cm³/mol. The van der Waals surface area contributed by atoms with Crippen molar-refractivity contribution < 1.29 is 5.21 Å². The Morgan fingerprint density at radius 1 is 1.12 bits per heavy atom. The zero-order valence-corrected chi connectivity index (χ0v) is 9.38. The third kappa shape index (κ3) is 1.90. The van der Waals surface area contributed by atoms with Gasteiger partial charge in [-0.3, -0.25) is 15.3 Å². The summed E-state index contributed by atoms with van der Waals surface area (Å²) in [7, 11) is 1.62. The Morgan fingerprint density at radius 3 is 2.44 bits per heavy atom. The first-order valence-corrected chi connectivity index (χ1v) is 5.13. The van der Waals surface area contributed by atoms with Gasteiger partial charge in [0.1, 0.15) is 0 Å². The quantitative estimate of drug-likeness (QED) is 0.781. The highest BCUT2D eigenvalue weighted by Crippen LogP contribution is 2.29. The van der Waals surface area contributed by atoms with Gasteiger partial charge in [-0.25, -0.2) is 0 Å². The Balaban J connectivity index is 2.55. The fourth-order valence-corrected chi connectivity index (χ4v) is 1.82. The number of hydrogen-bond donors (Lipinski definition) is 1. The molecule has 1 heterocycles. The molecule has 0 aliphatic rings. The maximum absolute atomic E-state index is 9.50. The molecule has 0 unspecified atom stereocenters. The fraction of sp³-hybridized carbons (Fsp3) is 0.154. The first-order chi connectivity index (χ1) is 7.70. The monoisotopic (exact) mass is 214 g/mol. The van der Waals surface area contributed by atoms with Crippen LogP contribution < -0.4 is 5.06 Å². The summed E-state index contributed by atoms with van der Waals surface area (Å²) in [5.74, 6) is 0. The second kappa shape index (κ2) is 4.33. The number of rotatable bonds is 2. The van der Waals surface area contributed by atoms with E-state index in [0.717, 1.165) is 27.4 Å². The van der Waals surface area contributed by atoms with Crippen molar-refractivity contribution in [3.63, 3.8) is 0 Å². The van der Waals surface area contributed by atoms with Gasteiger partial charge in [0.2, 0.25) is 0 Å². The third-order valence-electron chi connectivity index (χ3n) is 2.65. The predicted octanol–water partition coefficient (Wildman–Crippen LogP) is 2.88. The summed E-state index contributed by atoms with van der Waals surface area (Å²) >= 11 is 0. The number of hydrogen-bond acceptors (Lipinski definition) is 3. The molecule has 16 heavy (non-hydrogen) atoms. The highest BCUT2D eigenvalue weighted by atomic mass is 16.5. The molecule has 0 bridgehead atoms. The number of aromatic nitrogens is 1. The van der Waals surface area contributed by atoms with Crippen molar-refractivity contribution >= 4 is 5.69 Å². The van der Waals surface area contributed by atoms with E-state index in [1.54, 1.807) is 19.4 Å². The first kappa shape index (κ1) is 10.6.